The van der Waals surface area contributed by atoms with Crippen LogP contribution in [0.1, 0.15) is 26.2 Å². The normalized spacial score (nSPS) is 17.3. The Morgan fingerprint density at radius 2 is 2.25 bits per heavy atom. The van der Waals surface area contributed by atoms with Gasteiger partial charge in [-0.2, -0.15) is 0 Å². The topological polar surface area (TPSA) is 101 Å². The van der Waals surface area contributed by atoms with Crippen molar-refractivity contribution in [3.05, 3.63) is 17.5 Å². The molecule has 1 fully saturated rings. The fourth-order valence-corrected chi connectivity index (χ4v) is 4.61. The average Bonchev–Trinajstić information content (AvgIpc) is 3.35. The summed E-state index contributed by atoms with van der Waals surface area (Å²) in [4.78, 5) is 4.47. The molecule has 1 aromatic heterocycles. The molecule has 1 aliphatic rings. The summed E-state index contributed by atoms with van der Waals surface area (Å²) in [5.41, 5.74) is 0. The van der Waals surface area contributed by atoms with Crippen molar-refractivity contribution in [2.24, 2.45) is 4.99 Å². The summed E-state index contributed by atoms with van der Waals surface area (Å²) in [6, 6.07) is 3.31. The van der Waals surface area contributed by atoms with E-state index in [2.05, 4.69) is 20.3 Å². The van der Waals surface area contributed by atoms with Crippen LogP contribution in [0.4, 0.5) is 0 Å². The molecule has 0 radical (unpaired) electrons. The van der Waals surface area contributed by atoms with Gasteiger partial charge in [-0.3, -0.25) is 4.99 Å². The highest BCUT2D eigenvalue weighted by molar-refractivity contribution is 14.0. The van der Waals surface area contributed by atoms with Crippen LogP contribution in [0.2, 0.25) is 0 Å². The molecule has 28 heavy (non-hydrogen) atoms. The summed E-state index contributed by atoms with van der Waals surface area (Å²) in [7, 11) is -3.42. The first-order valence-corrected chi connectivity index (χ1v) is 11.7. The zero-order valence-corrected chi connectivity index (χ0v) is 20.1. The van der Waals surface area contributed by atoms with E-state index in [-0.39, 0.29) is 36.6 Å². The van der Waals surface area contributed by atoms with Crippen LogP contribution in [0.5, 0.6) is 0 Å². The smallest absolute Gasteiger partial charge is 0.250 e. The monoisotopic (exact) mass is 546 g/mol. The second kappa shape index (κ2) is 14.5. The van der Waals surface area contributed by atoms with E-state index >= 15 is 0 Å². The van der Waals surface area contributed by atoms with Crippen molar-refractivity contribution in [2.45, 2.75) is 36.5 Å². The third-order valence-corrected chi connectivity index (χ3v) is 6.72. The molecule has 0 amide bonds. The number of aliphatic imine (C=N–C) groups is 1. The number of sulfonamides is 1. The fourth-order valence-electron chi connectivity index (χ4n) is 2.54. The van der Waals surface area contributed by atoms with Crippen LogP contribution in [0.25, 0.3) is 0 Å². The molecule has 3 N–H and O–H groups in total. The van der Waals surface area contributed by atoms with E-state index in [1.54, 1.807) is 17.5 Å². The van der Waals surface area contributed by atoms with Crippen LogP contribution >= 0.6 is 35.3 Å². The van der Waals surface area contributed by atoms with E-state index in [1.165, 1.54) is 11.3 Å². The SMILES string of the molecule is CCNC(=NCCCOCC1CCCO1)NCCNS(=O)(=O)c1cccs1.I. The lowest BCUT2D eigenvalue weighted by Gasteiger charge is -2.12. The first kappa shape index (κ1) is 25.6. The lowest BCUT2D eigenvalue weighted by atomic mass is 10.2. The molecular formula is C17H31IN4O4S2. The van der Waals surface area contributed by atoms with Crippen LogP contribution in [0.3, 0.4) is 0 Å². The van der Waals surface area contributed by atoms with Crippen molar-refractivity contribution >= 4 is 51.3 Å². The Kier molecular flexibility index (Phi) is 13.2. The van der Waals surface area contributed by atoms with Gasteiger partial charge in [-0.05, 0) is 37.6 Å². The third kappa shape index (κ3) is 9.83. The molecule has 0 saturated carbocycles. The standard InChI is InChI=1S/C17H30N4O4S2.HI/c1-2-18-17(19-8-5-11-24-14-15-6-3-12-25-15)20-9-10-21-27(22,23)16-7-4-13-26-16;/h4,7,13,15,21H,2-3,5-6,8-12,14H2,1H3,(H2,18,19,20);1H. The maximum Gasteiger partial charge on any atom is 0.250 e. The number of nitrogens with zero attached hydrogens (tertiary/aromatic N) is 1. The van der Waals surface area contributed by atoms with Gasteiger partial charge in [0.2, 0.25) is 10.0 Å². The second-order valence-electron chi connectivity index (χ2n) is 6.08. The highest BCUT2D eigenvalue weighted by Gasteiger charge is 2.15. The molecule has 1 atom stereocenters. The van der Waals surface area contributed by atoms with Crippen LogP contribution in [-0.4, -0.2) is 66.5 Å². The van der Waals surface area contributed by atoms with Crippen molar-refractivity contribution in [2.75, 3.05) is 46.0 Å². The van der Waals surface area contributed by atoms with E-state index in [0.29, 0.717) is 36.5 Å². The number of rotatable bonds is 12. The summed E-state index contributed by atoms with van der Waals surface area (Å²) in [6.07, 6.45) is 3.29. The van der Waals surface area contributed by atoms with Gasteiger partial charge < -0.3 is 20.1 Å². The van der Waals surface area contributed by atoms with Gasteiger partial charge in [0.25, 0.3) is 0 Å². The van der Waals surface area contributed by atoms with E-state index in [1.807, 2.05) is 6.92 Å². The first-order chi connectivity index (χ1) is 13.1. The predicted molar refractivity (Wildman–Crippen MR) is 123 cm³/mol. The number of thiophene rings is 1. The Bertz CT molecular complexity index is 650. The zero-order valence-electron chi connectivity index (χ0n) is 16.2. The summed E-state index contributed by atoms with van der Waals surface area (Å²) < 4.78 is 38.1. The Morgan fingerprint density at radius 1 is 1.39 bits per heavy atom. The van der Waals surface area contributed by atoms with Crippen molar-refractivity contribution in [1.29, 1.82) is 0 Å². The summed E-state index contributed by atoms with van der Waals surface area (Å²) in [5.74, 6) is 0.673. The van der Waals surface area contributed by atoms with Crippen LogP contribution in [-0.2, 0) is 19.5 Å². The minimum atomic E-state index is -3.42. The Morgan fingerprint density at radius 3 is 2.93 bits per heavy atom. The molecule has 0 spiro atoms. The lowest BCUT2D eigenvalue weighted by molar-refractivity contribution is 0.0171. The quantitative estimate of drug-likeness (QED) is 0.160. The molecular weight excluding hydrogens is 515 g/mol. The molecule has 11 heteroatoms. The van der Waals surface area contributed by atoms with E-state index in [0.717, 1.165) is 32.4 Å². The number of nitrogens with one attached hydrogen (secondary N) is 3. The van der Waals surface area contributed by atoms with Gasteiger partial charge in [-0.15, -0.1) is 35.3 Å². The molecule has 1 saturated heterocycles. The minimum Gasteiger partial charge on any atom is -0.379 e. The number of guanidine groups is 1. The zero-order chi connectivity index (χ0) is 19.4. The molecule has 2 heterocycles. The van der Waals surface area contributed by atoms with E-state index < -0.39 is 10.0 Å². The fraction of sp³-hybridized carbons (Fsp3) is 0.706. The highest BCUT2D eigenvalue weighted by atomic mass is 127. The second-order valence-corrected chi connectivity index (χ2v) is 9.02. The lowest BCUT2D eigenvalue weighted by Crippen LogP contribution is -2.41. The van der Waals surface area contributed by atoms with E-state index in [4.69, 9.17) is 9.47 Å². The molecule has 2 rings (SSSR count). The highest BCUT2D eigenvalue weighted by Crippen LogP contribution is 2.14. The van der Waals surface area contributed by atoms with E-state index in [9.17, 15) is 8.42 Å². The number of halogens is 1. The Labute approximate surface area is 188 Å². The maximum atomic E-state index is 12.0. The maximum absolute atomic E-state index is 12.0. The summed E-state index contributed by atoms with van der Waals surface area (Å²) in [5, 5.41) is 8.02. The summed E-state index contributed by atoms with van der Waals surface area (Å²) >= 11 is 1.20. The van der Waals surface area contributed by atoms with Gasteiger partial charge in [0.15, 0.2) is 5.96 Å². The number of hydrogen-bond acceptors (Lipinski definition) is 6. The number of ether oxygens (including phenoxy) is 2. The average molecular weight is 546 g/mol. The third-order valence-electron chi connectivity index (χ3n) is 3.86. The van der Waals surface area contributed by atoms with Crippen molar-refractivity contribution in [1.82, 2.24) is 15.4 Å². The van der Waals surface area contributed by atoms with Crippen molar-refractivity contribution in [3.8, 4) is 0 Å². The molecule has 0 aromatic carbocycles. The molecule has 0 bridgehead atoms. The first-order valence-electron chi connectivity index (χ1n) is 9.36. The van der Waals surface area contributed by atoms with Gasteiger partial charge in [-0.1, -0.05) is 6.07 Å². The van der Waals surface area contributed by atoms with Crippen LogP contribution in [0, 0.1) is 0 Å². The number of hydrogen-bond donors (Lipinski definition) is 3. The van der Waals surface area contributed by atoms with Crippen LogP contribution in [0.15, 0.2) is 26.7 Å². The van der Waals surface area contributed by atoms with Gasteiger partial charge in [0.05, 0.1) is 12.7 Å². The molecule has 1 unspecified atom stereocenters. The predicted octanol–water partition coefficient (Wildman–Crippen LogP) is 1.79. The van der Waals surface area contributed by atoms with Gasteiger partial charge >= 0.3 is 0 Å². The molecule has 162 valence electrons. The Hall–Kier alpha value is -0.470. The van der Waals surface area contributed by atoms with Crippen LogP contribution < -0.4 is 15.4 Å². The van der Waals surface area contributed by atoms with Crippen molar-refractivity contribution < 1.29 is 17.9 Å². The van der Waals surface area contributed by atoms with Gasteiger partial charge in [0.1, 0.15) is 4.21 Å². The molecule has 1 aromatic rings. The molecule has 8 nitrogen and oxygen atoms in total. The summed E-state index contributed by atoms with van der Waals surface area (Å²) in [6.45, 7) is 6.27. The van der Waals surface area contributed by atoms with Crippen molar-refractivity contribution in [3.63, 3.8) is 0 Å². The minimum absolute atomic E-state index is 0. The van der Waals surface area contributed by atoms with Gasteiger partial charge in [-0.25, -0.2) is 13.1 Å². The molecule has 1 aliphatic heterocycles. The largest absolute Gasteiger partial charge is 0.379 e. The van der Waals surface area contributed by atoms with Gasteiger partial charge in [0, 0.05) is 39.4 Å². The molecule has 0 aliphatic carbocycles. The Balaban J connectivity index is 0.00000392.